The first-order chi connectivity index (χ1) is 9.16. The van der Waals surface area contributed by atoms with Gasteiger partial charge in [0.1, 0.15) is 0 Å². The van der Waals surface area contributed by atoms with Crippen molar-refractivity contribution in [3.05, 3.63) is 0 Å². The molecule has 0 aromatic heterocycles. The van der Waals surface area contributed by atoms with Gasteiger partial charge in [-0.2, -0.15) is 13.2 Å². The number of hydrogen-bond donors (Lipinski definition) is 0. The van der Waals surface area contributed by atoms with E-state index in [4.69, 9.17) is 0 Å². The molecule has 0 spiro atoms. The Labute approximate surface area is 116 Å². The maximum atomic E-state index is 11.8. The molecule has 1 saturated heterocycles. The fraction of sp³-hybridized carbons (Fsp3) is 1.00. The Kier molecular flexibility index (Phi) is 6.90. The Morgan fingerprint density at radius 1 is 0.905 bits per heavy atom. The summed E-state index contributed by atoms with van der Waals surface area (Å²) in [6, 6.07) is 0. The molecule has 21 heavy (non-hydrogen) atoms. The number of nitrogens with zero attached hydrogens (tertiary/aromatic N) is 1. The van der Waals surface area contributed by atoms with E-state index in [2.05, 4.69) is 7.05 Å². The molecule has 0 saturated carbocycles. The fourth-order valence-electron chi connectivity index (χ4n) is 1.98. The van der Waals surface area contributed by atoms with Crippen molar-refractivity contribution in [2.45, 2.75) is 37.9 Å². The van der Waals surface area contributed by atoms with Crippen LogP contribution in [0.3, 0.4) is 0 Å². The van der Waals surface area contributed by atoms with E-state index in [9.17, 15) is 39.3 Å². The van der Waals surface area contributed by atoms with Crippen LogP contribution in [-0.4, -0.2) is 50.4 Å². The summed E-state index contributed by atoms with van der Waals surface area (Å²) in [6.45, 7) is -3.86. The normalized spacial score (nSPS) is 19.1. The minimum absolute atomic E-state index is 0.278. The average molecular weight is 333 g/mol. The lowest BCUT2D eigenvalue weighted by molar-refractivity contribution is -0.898. The van der Waals surface area contributed by atoms with Crippen LogP contribution in [0, 0.1) is 0 Å². The first-order valence-corrected chi connectivity index (χ1v) is 6.33. The first-order valence-electron chi connectivity index (χ1n) is 6.33. The molecule has 128 valence electrons. The van der Waals surface area contributed by atoms with Gasteiger partial charge in [-0.3, -0.25) is 0 Å². The van der Waals surface area contributed by atoms with Gasteiger partial charge in [0.2, 0.25) is 0 Å². The van der Waals surface area contributed by atoms with Crippen LogP contribution in [0.1, 0.15) is 25.7 Å². The summed E-state index contributed by atoms with van der Waals surface area (Å²) in [4.78, 5) is 0. The van der Waals surface area contributed by atoms with Crippen molar-refractivity contribution in [3.8, 4) is 0 Å². The van der Waals surface area contributed by atoms with E-state index in [0.717, 1.165) is 17.6 Å². The average Bonchev–Trinajstić information content (AvgIpc) is 2.61. The molecule has 0 radical (unpaired) electrons. The molecule has 0 unspecified atom stereocenters. The predicted molar refractivity (Wildman–Crippen MR) is 60.4 cm³/mol. The summed E-state index contributed by atoms with van der Waals surface area (Å²) < 4.78 is 99.3. The van der Waals surface area contributed by atoms with Gasteiger partial charge in [0.25, 0.3) is 0 Å². The van der Waals surface area contributed by atoms with Crippen LogP contribution < -0.4 is 0 Å². The third kappa shape index (κ3) is 9.10. The van der Waals surface area contributed by atoms with Crippen molar-refractivity contribution < 1.29 is 43.8 Å². The standard InChI is InChI=1S/C9H17F3N.CBF6/c1-13(6-2-3-7-13)8-4-5-9(10,11)12;3-1(4,5)2(6,7)8/h2-8H2,1H3;/q+1;-1. The maximum Gasteiger partial charge on any atom is 0.583 e. The number of alkyl halides is 6. The van der Waals surface area contributed by atoms with E-state index < -0.39 is 25.7 Å². The highest BCUT2D eigenvalue weighted by Gasteiger charge is 2.53. The zero-order chi connectivity index (χ0) is 16.9. The monoisotopic (exact) mass is 333 g/mol. The highest BCUT2D eigenvalue weighted by atomic mass is 19.4. The van der Waals surface area contributed by atoms with E-state index in [0.29, 0.717) is 6.54 Å². The molecule has 1 aliphatic heterocycles. The third-order valence-corrected chi connectivity index (χ3v) is 3.18. The van der Waals surface area contributed by atoms with Crippen LogP contribution in [0.25, 0.3) is 0 Å². The third-order valence-electron chi connectivity index (χ3n) is 3.18. The van der Waals surface area contributed by atoms with Crippen molar-refractivity contribution in [3.63, 3.8) is 0 Å². The highest BCUT2D eigenvalue weighted by molar-refractivity contribution is 6.60. The number of likely N-dealkylation sites (tertiary alicyclic amines) is 1. The van der Waals surface area contributed by atoms with Crippen LogP contribution in [0.2, 0.25) is 0 Å². The Morgan fingerprint density at radius 2 is 1.29 bits per heavy atom. The van der Waals surface area contributed by atoms with E-state index in [1.165, 1.54) is 12.8 Å². The lowest BCUT2D eigenvalue weighted by Gasteiger charge is -2.29. The van der Waals surface area contributed by atoms with Gasteiger partial charge in [0.15, 0.2) is 0 Å². The Morgan fingerprint density at radius 3 is 1.57 bits per heavy atom. The first kappa shape index (κ1) is 20.4. The van der Waals surface area contributed by atoms with E-state index in [1.807, 2.05) is 0 Å². The molecule has 1 nitrogen and oxygen atoms in total. The lowest BCUT2D eigenvalue weighted by Crippen LogP contribution is -2.41. The Balaban J connectivity index is 0.000000433. The number of rotatable bonds is 3. The maximum absolute atomic E-state index is 11.8. The Bertz CT molecular complexity index is 289. The second kappa shape index (κ2) is 7.10. The Hall–Kier alpha value is -0.605. The molecular formula is C10H17BF9N. The molecule has 0 aliphatic carbocycles. The molecular weight excluding hydrogens is 316 g/mol. The summed E-state index contributed by atoms with van der Waals surface area (Å²) in [5.74, 6) is 0. The zero-order valence-electron chi connectivity index (χ0n) is 11.4. The number of halogens is 9. The van der Waals surface area contributed by atoms with Crippen LogP contribution in [-0.2, 0) is 0 Å². The molecule has 1 heterocycles. The second-order valence-electron chi connectivity index (χ2n) is 5.33. The smallest absolute Gasteiger partial charge is 0.443 e. The molecule has 0 atom stereocenters. The van der Waals surface area contributed by atoms with Gasteiger partial charge in [-0.1, -0.05) is 0 Å². The van der Waals surface area contributed by atoms with Crippen molar-refractivity contribution in [1.29, 1.82) is 0 Å². The quantitative estimate of drug-likeness (QED) is 0.405. The van der Waals surface area contributed by atoms with Crippen LogP contribution in [0.4, 0.5) is 39.3 Å². The fourth-order valence-corrected chi connectivity index (χ4v) is 1.98. The topological polar surface area (TPSA) is 0 Å². The molecule has 0 N–H and O–H groups in total. The van der Waals surface area contributed by atoms with Gasteiger partial charge in [0, 0.05) is 25.7 Å². The molecule has 0 aromatic carbocycles. The molecule has 0 aromatic rings. The van der Waals surface area contributed by atoms with Crippen molar-refractivity contribution in [2.24, 2.45) is 0 Å². The molecule has 1 aliphatic rings. The number of quaternary nitrogens is 1. The van der Waals surface area contributed by atoms with Gasteiger partial charge >= 0.3 is 19.2 Å². The number of hydrogen-bond acceptors (Lipinski definition) is 0. The summed E-state index contributed by atoms with van der Waals surface area (Å²) >= 11 is 0. The van der Waals surface area contributed by atoms with Crippen LogP contribution >= 0.6 is 0 Å². The van der Waals surface area contributed by atoms with Gasteiger partial charge in [-0.25, -0.2) is 13.2 Å². The van der Waals surface area contributed by atoms with Crippen molar-refractivity contribution >= 4 is 6.98 Å². The molecule has 1 rings (SSSR count). The largest absolute Gasteiger partial charge is 0.583 e. The van der Waals surface area contributed by atoms with E-state index in [1.54, 1.807) is 0 Å². The van der Waals surface area contributed by atoms with Crippen LogP contribution in [0.5, 0.6) is 0 Å². The summed E-state index contributed by atoms with van der Waals surface area (Å²) in [7, 11) is 2.06. The predicted octanol–water partition coefficient (Wildman–Crippen LogP) is 4.50. The van der Waals surface area contributed by atoms with Gasteiger partial charge in [0.05, 0.1) is 26.7 Å². The lowest BCUT2D eigenvalue weighted by atomic mass is 9.92. The SMILES string of the molecule is C[N+]1(CCCC(F)(F)F)CCCC1.F[B-](F)(F)C(F)(F)F. The summed E-state index contributed by atoms with van der Waals surface area (Å²) in [5, 5.41) is 0. The molecule has 0 bridgehead atoms. The minimum Gasteiger partial charge on any atom is -0.443 e. The van der Waals surface area contributed by atoms with Crippen molar-refractivity contribution in [1.82, 2.24) is 0 Å². The molecule has 0 amide bonds. The summed E-state index contributed by atoms with van der Waals surface area (Å²) in [6.07, 6.45) is -7.98. The van der Waals surface area contributed by atoms with Crippen molar-refractivity contribution in [2.75, 3.05) is 26.7 Å². The minimum atomic E-state index is -6.65. The van der Waals surface area contributed by atoms with Gasteiger partial charge < -0.3 is 17.4 Å². The van der Waals surface area contributed by atoms with Gasteiger partial charge in [-0.15, -0.1) is 0 Å². The van der Waals surface area contributed by atoms with E-state index >= 15 is 0 Å². The highest BCUT2D eigenvalue weighted by Crippen LogP contribution is 2.31. The molecule has 11 heteroatoms. The van der Waals surface area contributed by atoms with E-state index in [-0.39, 0.29) is 6.42 Å². The summed E-state index contributed by atoms with van der Waals surface area (Å²) in [5.41, 5.74) is 0. The van der Waals surface area contributed by atoms with Crippen LogP contribution in [0.15, 0.2) is 0 Å². The van der Waals surface area contributed by atoms with Gasteiger partial charge in [-0.05, 0) is 0 Å². The second-order valence-corrected chi connectivity index (χ2v) is 5.33. The molecule has 1 fully saturated rings. The zero-order valence-corrected chi connectivity index (χ0v) is 11.4.